The van der Waals surface area contributed by atoms with E-state index >= 15 is 0 Å². The molecule has 3 aromatic heterocycles. The van der Waals surface area contributed by atoms with Gasteiger partial charge in [0, 0.05) is 47.6 Å². The number of nitrogens with zero attached hydrogens (tertiary/aromatic N) is 3. The molecule has 2 aliphatic rings. The molecule has 1 aromatic carbocycles. The largest absolute Gasteiger partial charge is 0.433 e. The first-order chi connectivity index (χ1) is 17.1. The highest BCUT2D eigenvalue weighted by molar-refractivity contribution is 6.00. The summed E-state index contributed by atoms with van der Waals surface area (Å²) in [6.45, 7) is 1.75. The lowest BCUT2D eigenvalue weighted by Crippen LogP contribution is -2.48. The van der Waals surface area contributed by atoms with E-state index in [0.29, 0.717) is 36.6 Å². The predicted molar refractivity (Wildman–Crippen MR) is 131 cm³/mol. The number of anilines is 2. The van der Waals surface area contributed by atoms with Crippen molar-refractivity contribution in [3.05, 3.63) is 60.6 Å². The lowest BCUT2D eigenvalue weighted by atomic mass is 9.99. The van der Waals surface area contributed by atoms with Gasteiger partial charge in [0.1, 0.15) is 5.82 Å². The molecule has 176 valence electrons. The minimum Gasteiger partial charge on any atom is -0.433 e. The van der Waals surface area contributed by atoms with Crippen LogP contribution in [0.25, 0.3) is 33.4 Å². The lowest BCUT2D eigenvalue weighted by molar-refractivity contribution is -0.117. The molecule has 0 saturated carbocycles. The van der Waals surface area contributed by atoms with Crippen LogP contribution >= 0.6 is 0 Å². The third-order valence-electron chi connectivity index (χ3n) is 6.43. The Morgan fingerprint density at radius 1 is 1.06 bits per heavy atom. The number of rotatable bonds is 5. The number of hydrogen-bond donors (Lipinski definition) is 2. The van der Waals surface area contributed by atoms with Gasteiger partial charge in [-0.15, -0.1) is 0 Å². The Labute approximate surface area is 200 Å². The van der Waals surface area contributed by atoms with E-state index in [1.54, 1.807) is 23.4 Å². The summed E-state index contributed by atoms with van der Waals surface area (Å²) in [6, 6.07) is 13.3. The number of amides is 2. The van der Waals surface area contributed by atoms with Crippen LogP contribution in [0.4, 0.5) is 11.5 Å². The van der Waals surface area contributed by atoms with Crippen molar-refractivity contribution in [2.24, 2.45) is 0 Å². The SMILES string of the molecule is Nc1ncc(-c2ccnc3oc(C(=O)NC4COC4)cc23)cc1-c1ccc(N2CCCC2=O)cc1. The number of benzene rings is 1. The summed E-state index contributed by atoms with van der Waals surface area (Å²) in [6.07, 6.45) is 4.81. The number of aromatic nitrogens is 2. The summed E-state index contributed by atoms with van der Waals surface area (Å²) < 4.78 is 10.8. The zero-order valence-corrected chi connectivity index (χ0v) is 18.9. The molecule has 35 heavy (non-hydrogen) atoms. The maximum atomic E-state index is 12.6. The summed E-state index contributed by atoms with van der Waals surface area (Å²) in [5.74, 6) is 0.452. The average molecular weight is 470 g/mol. The van der Waals surface area contributed by atoms with Gasteiger partial charge < -0.3 is 25.1 Å². The minimum atomic E-state index is -0.296. The van der Waals surface area contributed by atoms with Gasteiger partial charge in [0.2, 0.25) is 11.6 Å². The number of furan rings is 1. The fraction of sp³-hybridized carbons (Fsp3) is 0.231. The number of hydrogen-bond acceptors (Lipinski definition) is 7. The predicted octanol–water partition coefficient (Wildman–Crippen LogP) is 3.39. The van der Waals surface area contributed by atoms with E-state index in [0.717, 1.165) is 40.9 Å². The lowest BCUT2D eigenvalue weighted by Gasteiger charge is -2.26. The number of ether oxygens (including phenoxy) is 1. The quantitative estimate of drug-likeness (QED) is 0.459. The number of fused-ring (bicyclic) bond motifs is 1. The van der Waals surface area contributed by atoms with Gasteiger partial charge in [-0.25, -0.2) is 9.97 Å². The van der Waals surface area contributed by atoms with Crippen molar-refractivity contribution in [1.29, 1.82) is 0 Å². The number of carbonyl (C=O) groups excluding carboxylic acids is 2. The van der Waals surface area contributed by atoms with Gasteiger partial charge in [-0.3, -0.25) is 9.59 Å². The van der Waals surface area contributed by atoms with E-state index in [2.05, 4.69) is 15.3 Å². The molecule has 0 radical (unpaired) electrons. The highest BCUT2D eigenvalue weighted by Crippen LogP contribution is 2.35. The third-order valence-corrected chi connectivity index (χ3v) is 6.43. The van der Waals surface area contributed by atoms with Crippen LogP contribution in [0.15, 0.2) is 59.3 Å². The molecule has 2 saturated heterocycles. The molecule has 0 spiro atoms. The molecule has 0 atom stereocenters. The Morgan fingerprint density at radius 3 is 2.60 bits per heavy atom. The van der Waals surface area contributed by atoms with E-state index < -0.39 is 0 Å². The van der Waals surface area contributed by atoms with Crippen molar-refractivity contribution in [3.8, 4) is 22.3 Å². The van der Waals surface area contributed by atoms with Gasteiger partial charge in [0.15, 0.2) is 5.76 Å². The summed E-state index contributed by atoms with van der Waals surface area (Å²) >= 11 is 0. The van der Waals surface area contributed by atoms with Crippen LogP contribution in [-0.2, 0) is 9.53 Å². The highest BCUT2D eigenvalue weighted by Gasteiger charge is 2.24. The standard InChI is InChI=1S/C26H23N5O4/c27-24-20(15-3-5-18(6-4-15)31-9-1-2-23(31)32)10-16(12-29-24)19-7-8-28-26-21(19)11-22(35-26)25(33)30-17-13-34-14-17/h3-8,10-12,17H,1-2,9,13-14H2,(H2,27,29)(H,30,33). The second-order valence-electron chi connectivity index (χ2n) is 8.75. The molecular formula is C26H23N5O4. The molecule has 0 unspecified atom stereocenters. The third kappa shape index (κ3) is 3.89. The first kappa shape index (κ1) is 21.3. The summed E-state index contributed by atoms with van der Waals surface area (Å²) in [5, 5.41) is 3.59. The maximum Gasteiger partial charge on any atom is 0.287 e. The van der Waals surface area contributed by atoms with Crippen molar-refractivity contribution in [2.45, 2.75) is 18.9 Å². The number of nitrogens with one attached hydrogen (secondary N) is 1. The van der Waals surface area contributed by atoms with Crippen LogP contribution in [0.5, 0.6) is 0 Å². The molecule has 0 bridgehead atoms. The van der Waals surface area contributed by atoms with Crippen molar-refractivity contribution < 1.29 is 18.7 Å². The zero-order valence-electron chi connectivity index (χ0n) is 18.9. The van der Waals surface area contributed by atoms with E-state index in [-0.39, 0.29) is 23.6 Å². The smallest absolute Gasteiger partial charge is 0.287 e. The van der Waals surface area contributed by atoms with Crippen LogP contribution < -0.4 is 16.0 Å². The van der Waals surface area contributed by atoms with Crippen LogP contribution in [-0.4, -0.2) is 47.6 Å². The molecule has 9 nitrogen and oxygen atoms in total. The Bertz CT molecular complexity index is 1440. The first-order valence-electron chi connectivity index (χ1n) is 11.5. The summed E-state index contributed by atoms with van der Waals surface area (Å²) in [7, 11) is 0. The zero-order chi connectivity index (χ0) is 23.9. The minimum absolute atomic E-state index is 0.00183. The van der Waals surface area contributed by atoms with Crippen molar-refractivity contribution >= 4 is 34.4 Å². The van der Waals surface area contributed by atoms with Gasteiger partial charge in [-0.2, -0.15) is 0 Å². The topological polar surface area (TPSA) is 124 Å². The van der Waals surface area contributed by atoms with Crippen molar-refractivity contribution in [3.63, 3.8) is 0 Å². The monoisotopic (exact) mass is 469 g/mol. The van der Waals surface area contributed by atoms with E-state index in [9.17, 15) is 9.59 Å². The van der Waals surface area contributed by atoms with Gasteiger partial charge in [-0.1, -0.05) is 12.1 Å². The molecule has 3 N–H and O–H groups in total. The molecule has 0 aliphatic carbocycles. The molecule has 4 aromatic rings. The van der Waals surface area contributed by atoms with Gasteiger partial charge in [0.05, 0.1) is 19.3 Å². The fourth-order valence-electron chi connectivity index (χ4n) is 4.47. The second kappa shape index (κ2) is 8.52. The first-order valence-corrected chi connectivity index (χ1v) is 11.5. The molecule has 2 fully saturated rings. The number of nitrogens with two attached hydrogens (primary N) is 1. The van der Waals surface area contributed by atoms with Crippen molar-refractivity contribution in [1.82, 2.24) is 15.3 Å². The van der Waals surface area contributed by atoms with E-state index in [1.165, 1.54) is 0 Å². The van der Waals surface area contributed by atoms with Crippen LogP contribution in [0, 0.1) is 0 Å². The van der Waals surface area contributed by atoms with Gasteiger partial charge >= 0.3 is 0 Å². The normalized spacial score (nSPS) is 16.0. The Hall–Kier alpha value is -4.24. The summed E-state index contributed by atoms with van der Waals surface area (Å²) in [5.41, 5.74) is 10.8. The molecule has 6 rings (SSSR count). The average Bonchev–Trinajstić information content (AvgIpc) is 3.48. The number of nitrogen functional groups attached to an aromatic ring is 1. The fourth-order valence-corrected chi connectivity index (χ4v) is 4.47. The molecule has 5 heterocycles. The van der Waals surface area contributed by atoms with E-state index in [4.69, 9.17) is 14.9 Å². The Kier molecular flexibility index (Phi) is 5.18. The molecule has 9 heteroatoms. The number of pyridine rings is 2. The second-order valence-corrected chi connectivity index (χ2v) is 8.75. The van der Waals surface area contributed by atoms with Crippen molar-refractivity contribution in [2.75, 3.05) is 30.4 Å². The maximum absolute atomic E-state index is 12.6. The molecule has 2 aliphatic heterocycles. The van der Waals surface area contributed by atoms with Gasteiger partial charge in [0.25, 0.3) is 5.91 Å². The Balaban J connectivity index is 1.33. The highest BCUT2D eigenvalue weighted by atomic mass is 16.5. The molecular weight excluding hydrogens is 446 g/mol. The van der Waals surface area contributed by atoms with Gasteiger partial charge in [-0.05, 0) is 47.9 Å². The Morgan fingerprint density at radius 2 is 1.89 bits per heavy atom. The van der Waals surface area contributed by atoms with Crippen LogP contribution in [0.3, 0.4) is 0 Å². The van der Waals surface area contributed by atoms with E-state index in [1.807, 2.05) is 36.4 Å². The van der Waals surface area contributed by atoms with Crippen LogP contribution in [0.2, 0.25) is 0 Å². The molecule has 2 amide bonds. The summed E-state index contributed by atoms with van der Waals surface area (Å²) in [4.78, 5) is 35.1. The number of carbonyl (C=O) groups is 2. The van der Waals surface area contributed by atoms with Crippen LogP contribution in [0.1, 0.15) is 23.4 Å².